The molecule has 1 aromatic carbocycles. The topological polar surface area (TPSA) is 25.2 Å². The second-order valence-corrected chi connectivity index (χ2v) is 5.67. The molecule has 0 spiro atoms. The van der Waals surface area contributed by atoms with Gasteiger partial charge in [0.05, 0.1) is 6.54 Å². The van der Waals surface area contributed by atoms with Gasteiger partial charge in [0.1, 0.15) is 0 Å². The van der Waals surface area contributed by atoms with E-state index in [9.17, 15) is 4.79 Å². The summed E-state index contributed by atoms with van der Waals surface area (Å²) in [5.41, 5.74) is 3.98. The molecule has 0 atom stereocenters. The molecule has 3 rings (SSSR count). The van der Waals surface area contributed by atoms with Crippen molar-refractivity contribution in [3.8, 4) is 0 Å². The number of hydrogen-bond acceptors (Lipinski definition) is 1. The molecule has 100 valence electrons. The monoisotopic (exact) mass is 256 g/mol. The van der Waals surface area contributed by atoms with E-state index < -0.39 is 0 Å². The van der Waals surface area contributed by atoms with Gasteiger partial charge in [-0.25, -0.2) is 0 Å². The number of amides is 1. The highest BCUT2D eigenvalue weighted by Gasteiger charge is 2.26. The van der Waals surface area contributed by atoms with Crippen molar-refractivity contribution < 1.29 is 4.79 Å². The highest BCUT2D eigenvalue weighted by atomic mass is 16.2. The van der Waals surface area contributed by atoms with E-state index in [0.717, 1.165) is 19.5 Å². The largest absolute Gasteiger partial charge is 0.346 e. The number of hydrogen-bond donors (Lipinski definition) is 0. The van der Waals surface area contributed by atoms with Crippen LogP contribution in [-0.4, -0.2) is 21.9 Å². The van der Waals surface area contributed by atoms with Crippen LogP contribution in [0.15, 0.2) is 24.3 Å². The van der Waals surface area contributed by atoms with Gasteiger partial charge >= 0.3 is 0 Å². The summed E-state index contributed by atoms with van der Waals surface area (Å²) in [6.07, 6.45) is 0.967. The Balaban J connectivity index is 2.04. The first-order chi connectivity index (χ1) is 9.09. The lowest BCUT2D eigenvalue weighted by Gasteiger charge is -2.29. The average Bonchev–Trinajstić information content (AvgIpc) is 2.72. The lowest BCUT2D eigenvalue weighted by molar-refractivity contribution is -0.135. The Morgan fingerprint density at radius 1 is 1.26 bits per heavy atom. The number of nitrogens with zero attached hydrogens (tertiary/aromatic N) is 2. The summed E-state index contributed by atoms with van der Waals surface area (Å²) in [5, 5.41) is 1.34. The number of aryl methyl sites for hydroxylation is 1. The van der Waals surface area contributed by atoms with Gasteiger partial charge in [0, 0.05) is 36.1 Å². The van der Waals surface area contributed by atoms with E-state index in [1.165, 1.54) is 22.2 Å². The summed E-state index contributed by atoms with van der Waals surface area (Å²) in [4.78, 5) is 14.1. The second kappa shape index (κ2) is 4.41. The first kappa shape index (κ1) is 12.3. The van der Waals surface area contributed by atoms with E-state index in [1.54, 1.807) is 0 Å². The van der Waals surface area contributed by atoms with Crippen LogP contribution in [0.5, 0.6) is 0 Å². The van der Waals surface area contributed by atoms with Crippen LogP contribution in [0.4, 0.5) is 0 Å². The van der Waals surface area contributed by atoms with Gasteiger partial charge < -0.3 is 9.47 Å². The number of carbonyl (C=O) groups is 1. The predicted octanol–water partition coefficient (Wildman–Crippen LogP) is 2.72. The molecule has 0 unspecified atom stereocenters. The van der Waals surface area contributed by atoms with Gasteiger partial charge in [-0.15, -0.1) is 0 Å². The lowest BCUT2D eigenvalue weighted by Crippen LogP contribution is -2.38. The average molecular weight is 256 g/mol. The van der Waals surface area contributed by atoms with Crippen molar-refractivity contribution in [2.45, 2.75) is 26.8 Å². The van der Waals surface area contributed by atoms with Gasteiger partial charge in [-0.1, -0.05) is 32.0 Å². The number of aromatic nitrogens is 1. The van der Waals surface area contributed by atoms with Crippen LogP contribution < -0.4 is 0 Å². The van der Waals surface area contributed by atoms with Crippen LogP contribution in [0.25, 0.3) is 10.9 Å². The third-order valence-electron chi connectivity index (χ3n) is 4.12. The van der Waals surface area contributed by atoms with Gasteiger partial charge in [-0.05, 0) is 18.1 Å². The molecular formula is C16H20N2O. The number of rotatable bonds is 1. The van der Waals surface area contributed by atoms with Crippen LogP contribution >= 0.6 is 0 Å². The van der Waals surface area contributed by atoms with Gasteiger partial charge in [0.25, 0.3) is 0 Å². The van der Waals surface area contributed by atoms with Crippen molar-refractivity contribution in [3.05, 3.63) is 35.5 Å². The van der Waals surface area contributed by atoms with E-state index in [4.69, 9.17) is 0 Å². The predicted molar refractivity (Wildman–Crippen MR) is 76.9 cm³/mol. The summed E-state index contributed by atoms with van der Waals surface area (Å²) in [5.74, 6) is 0.340. The summed E-state index contributed by atoms with van der Waals surface area (Å²) in [6.45, 7) is 5.54. The molecule has 2 heterocycles. The summed E-state index contributed by atoms with van der Waals surface area (Å²) >= 11 is 0. The van der Waals surface area contributed by atoms with E-state index in [0.29, 0.717) is 0 Å². The molecule has 3 heteroatoms. The maximum atomic E-state index is 12.2. The van der Waals surface area contributed by atoms with Gasteiger partial charge in [-0.3, -0.25) is 4.79 Å². The molecule has 19 heavy (non-hydrogen) atoms. The quantitative estimate of drug-likeness (QED) is 0.770. The highest BCUT2D eigenvalue weighted by Crippen LogP contribution is 2.30. The van der Waals surface area contributed by atoms with Crippen molar-refractivity contribution >= 4 is 16.8 Å². The normalized spacial score (nSPS) is 15.1. The Morgan fingerprint density at radius 3 is 2.74 bits per heavy atom. The zero-order valence-corrected chi connectivity index (χ0v) is 11.8. The van der Waals surface area contributed by atoms with Gasteiger partial charge in [0.2, 0.25) is 5.91 Å². The molecule has 1 amide bonds. The fourth-order valence-corrected chi connectivity index (χ4v) is 3.06. The summed E-state index contributed by atoms with van der Waals surface area (Å²) in [6, 6.07) is 8.51. The molecule has 0 N–H and O–H groups in total. The number of fused-ring (bicyclic) bond motifs is 3. The third kappa shape index (κ3) is 1.84. The van der Waals surface area contributed by atoms with Crippen molar-refractivity contribution in [1.82, 2.24) is 9.47 Å². The van der Waals surface area contributed by atoms with Gasteiger partial charge in [0.15, 0.2) is 0 Å². The Hall–Kier alpha value is -1.77. The van der Waals surface area contributed by atoms with E-state index >= 15 is 0 Å². The first-order valence-electron chi connectivity index (χ1n) is 6.93. The van der Waals surface area contributed by atoms with E-state index in [1.807, 2.05) is 18.7 Å². The minimum atomic E-state index is 0.0798. The number of carbonyl (C=O) groups excluding carboxylic acids is 1. The summed E-state index contributed by atoms with van der Waals surface area (Å²) < 4.78 is 2.24. The standard InChI is InChI=1S/C16H20N2O/c1-11(2)16(19)18-9-8-13-12-6-4-5-7-14(12)17(3)15(13)10-18/h4-7,11H,8-10H2,1-3H3. The van der Waals surface area contributed by atoms with E-state index in [-0.39, 0.29) is 11.8 Å². The SMILES string of the molecule is CC(C)C(=O)N1CCc2c(n(C)c3ccccc23)C1. The molecule has 0 saturated heterocycles. The second-order valence-electron chi connectivity index (χ2n) is 5.67. The maximum Gasteiger partial charge on any atom is 0.225 e. The van der Waals surface area contributed by atoms with Crippen LogP contribution in [0.3, 0.4) is 0 Å². The van der Waals surface area contributed by atoms with Crippen LogP contribution in [-0.2, 0) is 24.8 Å². The fraction of sp³-hybridized carbons (Fsp3) is 0.438. The molecule has 0 radical (unpaired) electrons. The Bertz CT molecular complexity index is 639. The lowest BCUT2D eigenvalue weighted by atomic mass is 10.0. The molecular weight excluding hydrogens is 236 g/mol. The van der Waals surface area contributed by atoms with Crippen LogP contribution in [0, 0.1) is 5.92 Å². The number of benzene rings is 1. The molecule has 0 aliphatic carbocycles. The Labute approximate surface area is 113 Å². The molecule has 1 aliphatic heterocycles. The molecule has 0 fully saturated rings. The smallest absolute Gasteiger partial charge is 0.225 e. The maximum absolute atomic E-state index is 12.2. The third-order valence-corrected chi connectivity index (χ3v) is 4.12. The molecule has 2 aromatic rings. The van der Waals surface area contributed by atoms with Crippen LogP contribution in [0.1, 0.15) is 25.1 Å². The zero-order chi connectivity index (χ0) is 13.6. The molecule has 1 aliphatic rings. The van der Waals surface area contributed by atoms with Gasteiger partial charge in [-0.2, -0.15) is 0 Å². The molecule has 3 nitrogen and oxygen atoms in total. The van der Waals surface area contributed by atoms with Crippen molar-refractivity contribution in [3.63, 3.8) is 0 Å². The molecule has 0 saturated carbocycles. The van der Waals surface area contributed by atoms with Crippen molar-refractivity contribution in [2.75, 3.05) is 6.54 Å². The highest BCUT2D eigenvalue weighted by molar-refractivity contribution is 5.86. The first-order valence-corrected chi connectivity index (χ1v) is 6.93. The zero-order valence-electron chi connectivity index (χ0n) is 11.8. The molecule has 1 aromatic heterocycles. The van der Waals surface area contributed by atoms with Crippen molar-refractivity contribution in [2.24, 2.45) is 13.0 Å². The minimum absolute atomic E-state index is 0.0798. The fourth-order valence-electron chi connectivity index (χ4n) is 3.06. The van der Waals surface area contributed by atoms with Crippen molar-refractivity contribution in [1.29, 1.82) is 0 Å². The Morgan fingerprint density at radius 2 is 2.00 bits per heavy atom. The molecule has 0 bridgehead atoms. The number of para-hydroxylation sites is 1. The minimum Gasteiger partial charge on any atom is -0.346 e. The van der Waals surface area contributed by atoms with E-state index in [2.05, 4.69) is 35.9 Å². The van der Waals surface area contributed by atoms with Crippen LogP contribution in [0.2, 0.25) is 0 Å². The Kier molecular flexibility index (Phi) is 2.85. The summed E-state index contributed by atoms with van der Waals surface area (Å²) in [7, 11) is 2.10.